The van der Waals surface area contributed by atoms with Crippen molar-refractivity contribution in [2.45, 2.75) is 0 Å². The number of anilines is 3. The summed E-state index contributed by atoms with van der Waals surface area (Å²) >= 11 is 12.5. The Bertz CT molecular complexity index is 1410. The molecular formula is C25H24Cl2N6O. The molecule has 0 amide bonds. The summed E-state index contributed by atoms with van der Waals surface area (Å²) < 4.78 is 1.80. The maximum absolute atomic E-state index is 13.2. The van der Waals surface area contributed by atoms with Gasteiger partial charge in [-0.25, -0.2) is 4.98 Å². The Morgan fingerprint density at radius 1 is 0.941 bits per heavy atom. The molecule has 0 bridgehead atoms. The van der Waals surface area contributed by atoms with Crippen LogP contribution in [-0.2, 0) is 7.05 Å². The maximum Gasteiger partial charge on any atom is 0.229 e. The normalized spacial score (nSPS) is 14.5. The fourth-order valence-corrected chi connectivity index (χ4v) is 4.58. The van der Waals surface area contributed by atoms with Crippen LogP contribution in [0.2, 0.25) is 10.0 Å². The second-order valence-electron chi connectivity index (χ2n) is 8.48. The van der Waals surface area contributed by atoms with Gasteiger partial charge in [-0.05, 0) is 37.4 Å². The Kier molecular flexibility index (Phi) is 6.16. The number of aryl methyl sites for hydroxylation is 1. The van der Waals surface area contributed by atoms with Crippen LogP contribution in [-0.4, -0.2) is 52.7 Å². The number of rotatable bonds is 4. The number of piperazine rings is 1. The van der Waals surface area contributed by atoms with Gasteiger partial charge >= 0.3 is 0 Å². The molecular weight excluding hydrogens is 471 g/mol. The minimum Gasteiger partial charge on any atom is -0.369 e. The van der Waals surface area contributed by atoms with Crippen molar-refractivity contribution in [3.8, 4) is 11.1 Å². The van der Waals surface area contributed by atoms with E-state index in [2.05, 4.69) is 44.3 Å². The van der Waals surface area contributed by atoms with Gasteiger partial charge in [0.25, 0.3) is 0 Å². The summed E-state index contributed by atoms with van der Waals surface area (Å²) in [6.45, 7) is 4.17. The molecule has 2 aromatic heterocycles. The summed E-state index contributed by atoms with van der Waals surface area (Å²) in [5.41, 5.74) is 3.45. The third kappa shape index (κ3) is 4.34. The van der Waals surface area contributed by atoms with Crippen LogP contribution in [0.1, 0.15) is 0 Å². The number of nitrogens with zero attached hydrogens (tertiary/aromatic N) is 5. The molecule has 9 heteroatoms. The van der Waals surface area contributed by atoms with Crippen molar-refractivity contribution in [2.24, 2.45) is 7.05 Å². The van der Waals surface area contributed by atoms with E-state index in [9.17, 15) is 4.79 Å². The van der Waals surface area contributed by atoms with Gasteiger partial charge in [-0.1, -0.05) is 35.3 Å². The van der Waals surface area contributed by atoms with Crippen LogP contribution in [0.25, 0.3) is 22.2 Å². The van der Waals surface area contributed by atoms with Crippen molar-refractivity contribution in [2.75, 3.05) is 43.4 Å². The van der Waals surface area contributed by atoms with Crippen LogP contribution in [0.5, 0.6) is 0 Å². The van der Waals surface area contributed by atoms with Crippen LogP contribution < -0.4 is 15.6 Å². The molecule has 2 aromatic carbocycles. The van der Waals surface area contributed by atoms with E-state index in [1.165, 1.54) is 5.69 Å². The highest BCUT2D eigenvalue weighted by Gasteiger charge is 2.16. The Hall–Kier alpha value is -3.13. The SMILES string of the molecule is CN1CCN(c2ccc(Nc3ncc4c(=O)c(-c5cccc(Cl)c5Cl)cn(C)c4n3)cc2)CC1. The summed E-state index contributed by atoms with van der Waals surface area (Å²) in [6, 6.07) is 13.5. The predicted molar refractivity (Wildman–Crippen MR) is 140 cm³/mol. The number of benzene rings is 2. The van der Waals surface area contributed by atoms with Gasteiger partial charge in [-0.3, -0.25) is 4.79 Å². The van der Waals surface area contributed by atoms with Crippen molar-refractivity contribution in [1.29, 1.82) is 0 Å². The lowest BCUT2D eigenvalue weighted by molar-refractivity contribution is 0.313. The average Bonchev–Trinajstić information content (AvgIpc) is 2.84. The molecule has 0 radical (unpaired) electrons. The van der Waals surface area contributed by atoms with Gasteiger partial charge in [0.15, 0.2) is 5.43 Å². The van der Waals surface area contributed by atoms with E-state index in [0.717, 1.165) is 31.9 Å². The largest absolute Gasteiger partial charge is 0.369 e. The standard InChI is InChI=1S/C25H24Cl2N6O/c1-31-10-12-33(13-11-31)17-8-6-16(7-9-17)29-25-28-14-19-23(34)20(15-32(2)24(19)30-25)18-4-3-5-21(26)22(18)27/h3-9,14-15H,10-13H2,1-2H3,(H,28,29,30). The number of nitrogens with one attached hydrogen (secondary N) is 1. The summed E-state index contributed by atoms with van der Waals surface area (Å²) in [6.07, 6.45) is 3.28. The molecule has 0 atom stereocenters. The van der Waals surface area contributed by atoms with Crippen molar-refractivity contribution in [3.63, 3.8) is 0 Å². The van der Waals surface area contributed by atoms with E-state index >= 15 is 0 Å². The first-order valence-corrected chi connectivity index (χ1v) is 11.8. The van der Waals surface area contributed by atoms with Gasteiger partial charge < -0.3 is 19.7 Å². The average molecular weight is 495 g/mol. The van der Waals surface area contributed by atoms with Gasteiger partial charge in [0.1, 0.15) is 5.65 Å². The number of likely N-dealkylation sites (N-methyl/N-ethyl adjacent to an activating group) is 1. The second kappa shape index (κ2) is 9.25. The molecule has 1 fully saturated rings. The first kappa shape index (κ1) is 22.7. The van der Waals surface area contributed by atoms with E-state index in [-0.39, 0.29) is 5.43 Å². The van der Waals surface area contributed by atoms with Gasteiger partial charge in [0.05, 0.1) is 15.4 Å². The van der Waals surface area contributed by atoms with E-state index in [1.807, 2.05) is 19.2 Å². The number of halogens is 2. The van der Waals surface area contributed by atoms with Crippen LogP contribution in [0.4, 0.5) is 17.3 Å². The molecule has 34 heavy (non-hydrogen) atoms. The Morgan fingerprint density at radius 2 is 1.68 bits per heavy atom. The van der Waals surface area contributed by atoms with Crippen LogP contribution in [0.15, 0.2) is 59.7 Å². The van der Waals surface area contributed by atoms with E-state index in [0.29, 0.717) is 38.2 Å². The molecule has 7 nitrogen and oxygen atoms in total. The van der Waals surface area contributed by atoms with E-state index in [4.69, 9.17) is 23.2 Å². The first-order chi connectivity index (χ1) is 16.4. The topological polar surface area (TPSA) is 66.3 Å². The van der Waals surface area contributed by atoms with Gasteiger partial charge in [0, 0.05) is 68.1 Å². The molecule has 0 unspecified atom stereocenters. The molecule has 3 heterocycles. The Morgan fingerprint density at radius 3 is 2.41 bits per heavy atom. The quantitative estimate of drug-likeness (QED) is 0.439. The monoisotopic (exact) mass is 494 g/mol. The maximum atomic E-state index is 13.2. The molecule has 0 aliphatic carbocycles. The highest BCUT2D eigenvalue weighted by atomic mass is 35.5. The first-order valence-electron chi connectivity index (χ1n) is 11.0. The minimum atomic E-state index is -0.194. The molecule has 174 valence electrons. The molecule has 0 saturated carbocycles. The van der Waals surface area contributed by atoms with Crippen LogP contribution in [0.3, 0.4) is 0 Å². The summed E-state index contributed by atoms with van der Waals surface area (Å²) in [5, 5.41) is 4.40. The van der Waals surface area contributed by atoms with Crippen molar-refractivity contribution < 1.29 is 0 Å². The molecule has 4 aromatic rings. The molecule has 1 N–H and O–H groups in total. The lowest BCUT2D eigenvalue weighted by atomic mass is 10.1. The molecule has 0 spiro atoms. The van der Waals surface area contributed by atoms with Crippen molar-refractivity contribution in [3.05, 3.63) is 75.1 Å². The number of hydrogen-bond donors (Lipinski definition) is 1. The number of hydrogen-bond acceptors (Lipinski definition) is 6. The summed E-state index contributed by atoms with van der Waals surface area (Å²) in [7, 11) is 3.99. The Balaban J connectivity index is 1.42. The number of fused-ring (bicyclic) bond motifs is 1. The fraction of sp³-hybridized carbons (Fsp3) is 0.240. The smallest absolute Gasteiger partial charge is 0.229 e. The number of aromatic nitrogens is 3. The zero-order valence-electron chi connectivity index (χ0n) is 18.9. The van der Waals surface area contributed by atoms with Gasteiger partial charge in [0.2, 0.25) is 5.95 Å². The zero-order valence-corrected chi connectivity index (χ0v) is 20.4. The lowest BCUT2D eigenvalue weighted by Crippen LogP contribution is -2.44. The molecule has 1 aliphatic rings. The van der Waals surface area contributed by atoms with E-state index < -0.39 is 0 Å². The van der Waals surface area contributed by atoms with E-state index in [1.54, 1.807) is 35.2 Å². The van der Waals surface area contributed by atoms with Gasteiger partial charge in [-0.2, -0.15) is 4.98 Å². The van der Waals surface area contributed by atoms with Gasteiger partial charge in [-0.15, -0.1) is 0 Å². The third-order valence-corrected chi connectivity index (χ3v) is 6.97. The summed E-state index contributed by atoms with van der Waals surface area (Å²) in [5.74, 6) is 0.420. The second-order valence-corrected chi connectivity index (χ2v) is 9.26. The summed E-state index contributed by atoms with van der Waals surface area (Å²) in [4.78, 5) is 26.9. The fourth-order valence-electron chi connectivity index (χ4n) is 4.17. The molecule has 5 rings (SSSR count). The van der Waals surface area contributed by atoms with Crippen molar-refractivity contribution >= 4 is 51.6 Å². The highest BCUT2D eigenvalue weighted by Crippen LogP contribution is 2.32. The molecule has 1 aliphatic heterocycles. The zero-order chi connectivity index (χ0) is 23.8. The molecule has 1 saturated heterocycles. The Labute approximate surface area is 207 Å². The highest BCUT2D eigenvalue weighted by molar-refractivity contribution is 6.43. The number of pyridine rings is 1. The third-order valence-electron chi connectivity index (χ3n) is 6.15. The van der Waals surface area contributed by atoms with Crippen LogP contribution >= 0.6 is 23.2 Å². The van der Waals surface area contributed by atoms with Crippen LogP contribution in [0, 0.1) is 0 Å². The minimum absolute atomic E-state index is 0.194. The van der Waals surface area contributed by atoms with Crippen molar-refractivity contribution in [1.82, 2.24) is 19.4 Å². The predicted octanol–water partition coefficient (Wildman–Crippen LogP) is 4.80. The lowest BCUT2D eigenvalue weighted by Gasteiger charge is -2.34.